The third kappa shape index (κ3) is 4.06. The van der Waals surface area contributed by atoms with Crippen LogP contribution in [0.4, 0.5) is 4.79 Å². The first-order chi connectivity index (χ1) is 9.15. The number of hydrogen-bond acceptors (Lipinski definition) is 3. The molecule has 0 fully saturated rings. The van der Waals surface area contributed by atoms with E-state index in [1.807, 2.05) is 50.4 Å². The number of rotatable bonds is 4. The van der Waals surface area contributed by atoms with Crippen LogP contribution in [0, 0.1) is 6.92 Å². The second kappa shape index (κ2) is 6.33. The molecule has 2 amide bonds. The van der Waals surface area contributed by atoms with Crippen LogP contribution >= 0.6 is 11.3 Å². The van der Waals surface area contributed by atoms with Crippen molar-refractivity contribution in [1.82, 2.24) is 15.6 Å². The number of nitrogens with zero attached hydrogens (tertiary/aromatic N) is 1. The molecule has 1 aromatic heterocycles. The van der Waals surface area contributed by atoms with Crippen LogP contribution in [0.15, 0.2) is 36.5 Å². The van der Waals surface area contributed by atoms with Crippen molar-refractivity contribution in [3.8, 4) is 0 Å². The molecular weight excluding hydrogens is 258 g/mol. The van der Waals surface area contributed by atoms with Crippen molar-refractivity contribution in [2.45, 2.75) is 26.4 Å². The lowest BCUT2D eigenvalue weighted by molar-refractivity contribution is 0.237. The van der Waals surface area contributed by atoms with Gasteiger partial charge in [-0.15, -0.1) is 11.3 Å². The van der Waals surface area contributed by atoms with E-state index < -0.39 is 0 Å². The van der Waals surface area contributed by atoms with E-state index >= 15 is 0 Å². The van der Waals surface area contributed by atoms with E-state index in [0.717, 1.165) is 15.4 Å². The summed E-state index contributed by atoms with van der Waals surface area (Å²) in [6, 6.07) is 9.57. The van der Waals surface area contributed by atoms with E-state index in [1.165, 1.54) is 0 Å². The molecule has 4 nitrogen and oxygen atoms in total. The molecule has 0 saturated heterocycles. The summed E-state index contributed by atoms with van der Waals surface area (Å²) < 4.78 is 0. The maximum Gasteiger partial charge on any atom is 0.315 e. The lowest BCUT2D eigenvalue weighted by Crippen LogP contribution is -2.36. The molecule has 100 valence electrons. The molecule has 19 heavy (non-hydrogen) atoms. The van der Waals surface area contributed by atoms with E-state index in [0.29, 0.717) is 6.54 Å². The number of carbonyl (C=O) groups excluding carboxylic acids is 1. The fourth-order valence-electron chi connectivity index (χ4n) is 1.66. The molecule has 0 bridgehead atoms. The maximum atomic E-state index is 11.8. The summed E-state index contributed by atoms with van der Waals surface area (Å²) in [6.07, 6.45) is 1.82. The number of hydrogen-bond donors (Lipinski definition) is 2. The predicted octanol–water partition coefficient (Wildman–Crippen LogP) is 3.01. The summed E-state index contributed by atoms with van der Waals surface area (Å²) in [5.74, 6) is 0. The Morgan fingerprint density at radius 2 is 2.11 bits per heavy atom. The average molecular weight is 275 g/mol. The van der Waals surface area contributed by atoms with Crippen molar-refractivity contribution in [3.05, 3.63) is 52.0 Å². The molecule has 1 atom stereocenters. The first-order valence-corrected chi connectivity index (χ1v) is 6.97. The van der Waals surface area contributed by atoms with E-state index in [2.05, 4.69) is 15.6 Å². The molecule has 0 radical (unpaired) electrons. The van der Waals surface area contributed by atoms with Gasteiger partial charge in [-0.05, 0) is 19.4 Å². The highest BCUT2D eigenvalue weighted by Gasteiger charge is 2.12. The molecule has 1 aromatic carbocycles. The van der Waals surface area contributed by atoms with E-state index in [1.54, 1.807) is 11.3 Å². The fraction of sp³-hybridized carbons (Fsp3) is 0.286. The monoisotopic (exact) mass is 275 g/mol. The highest BCUT2D eigenvalue weighted by atomic mass is 32.1. The number of aromatic nitrogens is 1. The lowest BCUT2D eigenvalue weighted by Gasteiger charge is -2.12. The van der Waals surface area contributed by atoms with Gasteiger partial charge in [0.05, 0.1) is 6.04 Å². The molecule has 0 saturated carbocycles. The van der Waals surface area contributed by atoms with Crippen LogP contribution in [0.5, 0.6) is 0 Å². The maximum absolute atomic E-state index is 11.8. The Morgan fingerprint density at radius 1 is 1.37 bits per heavy atom. The van der Waals surface area contributed by atoms with Gasteiger partial charge in [0, 0.05) is 17.6 Å². The van der Waals surface area contributed by atoms with Gasteiger partial charge in [0.1, 0.15) is 5.01 Å². The second-order valence-corrected chi connectivity index (χ2v) is 5.61. The number of nitrogens with one attached hydrogen (secondary N) is 2. The van der Waals surface area contributed by atoms with Gasteiger partial charge in [0.25, 0.3) is 0 Å². The molecule has 0 spiro atoms. The van der Waals surface area contributed by atoms with Gasteiger partial charge >= 0.3 is 6.03 Å². The van der Waals surface area contributed by atoms with Crippen molar-refractivity contribution in [2.75, 3.05) is 0 Å². The Balaban J connectivity index is 1.81. The minimum absolute atomic E-state index is 0.0746. The number of aryl methyl sites for hydroxylation is 1. The summed E-state index contributed by atoms with van der Waals surface area (Å²) in [7, 11) is 0. The average Bonchev–Trinajstić information content (AvgIpc) is 2.84. The molecular formula is C14H17N3OS. The van der Waals surface area contributed by atoms with Gasteiger partial charge in [0.2, 0.25) is 0 Å². The predicted molar refractivity (Wildman–Crippen MR) is 77.1 cm³/mol. The van der Waals surface area contributed by atoms with Crippen LogP contribution in [-0.2, 0) is 6.54 Å². The number of thiazole rings is 1. The Kier molecular flexibility index (Phi) is 4.52. The fourth-order valence-corrected chi connectivity index (χ4v) is 2.44. The van der Waals surface area contributed by atoms with Gasteiger partial charge in [-0.25, -0.2) is 9.78 Å². The zero-order chi connectivity index (χ0) is 13.7. The zero-order valence-corrected chi connectivity index (χ0v) is 11.8. The van der Waals surface area contributed by atoms with Crippen molar-refractivity contribution in [1.29, 1.82) is 0 Å². The Morgan fingerprint density at radius 3 is 2.74 bits per heavy atom. The smallest absolute Gasteiger partial charge is 0.315 e. The number of urea groups is 1. The van der Waals surface area contributed by atoms with Crippen molar-refractivity contribution in [3.63, 3.8) is 0 Å². The van der Waals surface area contributed by atoms with Gasteiger partial charge < -0.3 is 10.6 Å². The Labute approximate surface area is 116 Å². The number of carbonyl (C=O) groups is 1. The van der Waals surface area contributed by atoms with E-state index in [4.69, 9.17) is 0 Å². The lowest BCUT2D eigenvalue weighted by atomic mass is 10.2. The summed E-state index contributed by atoms with van der Waals surface area (Å²) in [4.78, 5) is 17.2. The standard InChI is InChI=1S/C14H17N3OS/c1-10-8-15-13(19-10)11(2)17-14(18)16-9-12-6-4-3-5-7-12/h3-8,11H,9H2,1-2H3,(H2,16,17,18). The Hall–Kier alpha value is -1.88. The summed E-state index contributed by atoms with van der Waals surface area (Å²) in [5, 5.41) is 6.63. The van der Waals surface area contributed by atoms with Crippen LogP contribution < -0.4 is 10.6 Å². The SMILES string of the molecule is Cc1cnc(C(C)NC(=O)NCc2ccccc2)s1. The number of benzene rings is 1. The van der Waals surface area contributed by atoms with Gasteiger partial charge in [-0.3, -0.25) is 0 Å². The zero-order valence-electron chi connectivity index (χ0n) is 11.0. The van der Waals surface area contributed by atoms with Crippen LogP contribution in [0.3, 0.4) is 0 Å². The molecule has 2 rings (SSSR count). The largest absolute Gasteiger partial charge is 0.334 e. The quantitative estimate of drug-likeness (QED) is 0.901. The molecule has 2 N–H and O–H groups in total. The molecule has 0 aliphatic heterocycles. The van der Waals surface area contributed by atoms with Crippen LogP contribution in [0.2, 0.25) is 0 Å². The molecule has 5 heteroatoms. The summed E-state index contributed by atoms with van der Waals surface area (Å²) in [6.45, 7) is 4.46. The molecule has 0 aliphatic carbocycles. The highest BCUT2D eigenvalue weighted by Crippen LogP contribution is 2.18. The Bertz CT molecular complexity index is 539. The summed E-state index contributed by atoms with van der Waals surface area (Å²) >= 11 is 1.60. The minimum atomic E-state index is -0.177. The topological polar surface area (TPSA) is 54.0 Å². The molecule has 0 aliphatic rings. The normalized spacial score (nSPS) is 11.9. The molecule has 1 unspecified atom stereocenters. The van der Waals surface area contributed by atoms with Crippen molar-refractivity contribution >= 4 is 17.4 Å². The first kappa shape index (κ1) is 13.5. The summed E-state index contributed by atoms with van der Waals surface area (Å²) in [5.41, 5.74) is 1.08. The van der Waals surface area contributed by atoms with Crippen LogP contribution in [-0.4, -0.2) is 11.0 Å². The second-order valence-electron chi connectivity index (χ2n) is 4.34. The van der Waals surface area contributed by atoms with E-state index in [9.17, 15) is 4.79 Å². The third-order valence-electron chi connectivity index (χ3n) is 2.65. The van der Waals surface area contributed by atoms with Gasteiger partial charge in [-0.1, -0.05) is 30.3 Å². The van der Waals surface area contributed by atoms with Gasteiger partial charge in [0.15, 0.2) is 0 Å². The molecule has 2 aromatic rings. The third-order valence-corrected chi connectivity index (χ3v) is 3.75. The molecule has 1 heterocycles. The van der Waals surface area contributed by atoms with Crippen LogP contribution in [0.1, 0.15) is 28.4 Å². The highest BCUT2D eigenvalue weighted by molar-refractivity contribution is 7.11. The first-order valence-electron chi connectivity index (χ1n) is 6.16. The van der Waals surface area contributed by atoms with Crippen LogP contribution in [0.25, 0.3) is 0 Å². The van der Waals surface area contributed by atoms with E-state index in [-0.39, 0.29) is 12.1 Å². The minimum Gasteiger partial charge on any atom is -0.334 e. The van der Waals surface area contributed by atoms with Crippen molar-refractivity contribution < 1.29 is 4.79 Å². The number of amides is 2. The van der Waals surface area contributed by atoms with Crippen molar-refractivity contribution in [2.24, 2.45) is 0 Å². The van der Waals surface area contributed by atoms with Gasteiger partial charge in [-0.2, -0.15) is 0 Å².